The third-order valence-electron chi connectivity index (χ3n) is 6.03. The Kier molecular flexibility index (Phi) is 9.45. The molecule has 130 valence electrons. The minimum absolute atomic E-state index is 0.573. The van der Waals surface area contributed by atoms with Gasteiger partial charge in [-0.3, -0.25) is 0 Å². The summed E-state index contributed by atoms with van der Waals surface area (Å²) >= 11 is 0. The molecule has 0 radical (unpaired) electrons. The monoisotopic (exact) mass is 306 g/mol. The van der Waals surface area contributed by atoms with Gasteiger partial charge in [0.15, 0.2) is 0 Å². The molecule has 1 fully saturated rings. The predicted molar refractivity (Wildman–Crippen MR) is 101 cm³/mol. The van der Waals surface area contributed by atoms with Crippen molar-refractivity contribution >= 4 is 0 Å². The summed E-state index contributed by atoms with van der Waals surface area (Å²) in [5, 5.41) is 0. The van der Waals surface area contributed by atoms with Crippen LogP contribution in [0.1, 0.15) is 112 Å². The fourth-order valence-corrected chi connectivity index (χ4v) is 4.31. The average Bonchev–Trinajstić information content (AvgIpc) is 3.18. The highest BCUT2D eigenvalue weighted by Crippen LogP contribution is 2.60. The fraction of sp³-hybridized carbons (Fsp3) is 0.909. The molecule has 0 spiro atoms. The summed E-state index contributed by atoms with van der Waals surface area (Å²) in [6.07, 6.45) is 19.4. The van der Waals surface area contributed by atoms with Gasteiger partial charge in [-0.05, 0) is 42.9 Å². The number of unbranched alkanes of at least 4 members (excludes halogenated alkanes) is 3. The maximum atomic E-state index is 2.69. The smallest absolute Gasteiger partial charge is 0.00850 e. The Balaban J connectivity index is 2.61. The normalized spacial score (nSPS) is 25.0. The van der Waals surface area contributed by atoms with Crippen molar-refractivity contribution in [3.8, 4) is 0 Å². The van der Waals surface area contributed by atoms with E-state index in [1.807, 2.05) is 5.57 Å². The van der Waals surface area contributed by atoms with Crippen LogP contribution in [0.5, 0.6) is 0 Å². The van der Waals surface area contributed by atoms with E-state index in [2.05, 4.69) is 40.7 Å². The van der Waals surface area contributed by atoms with E-state index in [4.69, 9.17) is 0 Å². The highest BCUT2D eigenvalue weighted by Gasteiger charge is 2.50. The van der Waals surface area contributed by atoms with Crippen molar-refractivity contribution in [3.63, 3.8) is 0 Å². The van der Waals surface area contributed by atoms with Gasteiger partial charge >= 0.3 is 0 Å². The fourth-order valence-electron chi connectivity index (χ4n) is 4.31. The van der Waals surface area contributed by atoms with E-state index in [1.165, 1.54) is 77.0 Å². The van der Waals surface area contributed by atoms with Crippen LogP contribution in [0.3, 0.4) is 0 Å². The van der Waals surface area contributed by atoms with Gasteiger partial charge in [-0.1, -0.05) is 97.6 Å². The second-order valence-electron chi connectivity index (χ2n) is 7.95. The molecule has 1 saturated carbocycles. The van der Waals surface area contributed by atoms with E-state index in [1.54, 1.807) is 0 Å². The quantitative estimate of drug-likeness (QED) is 0.239. The molecule has 2 atom stereocenters. The molecular formula is C22H42. The van der Waals surface area contributed by atoms with Crippen molar-refractivity contribution in [2.75, 3.05) is 0 Å². The second-order valence-corrected chi connectivity index (χ2v) is 7.95. The molecule has 0 aliphatic heterocycles. The van der Waals surface area contributed by atoms with Crippen molar-refractivity contribution < 1.29 is 0 Å². The Bertz CT molecular complexity index is 308. The van der Waals surface area contributed by atoms with Crippen LogP contribution in [0.2, 0.25) is 0 Å². The lowest BCUT2D eigenvalue weighted by Crippen LogP contribution is -2.06. The highest BCUT2D eigenvalue weighted by molar-refractivity contribution is 5.24. The molecule has 2 unspecified atom stereocenters. The molecular weight excluding hydrogens is 264 g/mol. The van der Waals surface area contributed by atoms with Crippen molar-refractivity contribution in [1.82, 2.24) is 0 Å². The maximum Gasteiger partial charge on any atom is -0.00850 e. The molecule has 1 aliphatic rings. The molecule has 0 aromatic rings. The van der Waals surface area contributed by atoms with Crippen molar-refractivity contribution in [2.24, 2.45) is 17.3 Å². The lowest BCUT2D eigenvalue weighted by Gasteiger charge is -2.19. The van der Waals surface area contributed by atoms with Crippen LogP contribution in [-0.4, -0.2) is 0 Å². The van der Waals surface area contributed by atoms with Crippen molar-refractivity contribution in [2.45, 2.75) is 112 Å². The first-order valence-electron chi connectivity index (χ1n) is 10.3. The Morgan fingerprint density at radius 1 is 1.00 bits per heavy atom. The first kappa shape index (κ1) is 19.8. The summed E-state index contributed by atoms with van der Waals surface area (Å²) in [4.78, 5) is 0. The van der Waals surface area contributed by atoms with E-state index in [0.717, 1.165) is 11.8 Å². The van der Waals surface area contributed by atoms with Gasteiger partial charge in [0.1, 0.15) is 0 Å². The summed E-state index contributed by atoms with van der Waals surface area (Å²) in [6, 6.07) is 0. The Labute approximate surface area is 141 Å². The van der Waals surface area contributed by atoms with Gasteiger partial charge in [0.25, 0.3) is 0 Å². The molecule has 0 nitrogen and oxygen atoms in total. The number of allylic oxidation sites excluding steroid dienone is 2. The second kappa shape index (κ2) is 10.5. The minimum Gasteiger partial charge on any atom is -0.0845 e. The summed E-state index contributed by atoms with van der Waals surface area (Å²) in [5.41, 5.74) is 2.40. The first-order valence-corrected chi connectivity index (χ1v) is 10.3. The third kappa shape index (κ3) is 6.09. The van der Waals surface area contributed by atoms with Crippen LogP contribution in [0.25, 0.3) is 0 Å². The van der Waals surface area contributed by atoms with Gasteiger partial charge in [-0.15, -0.1) is 0 Å². The van der Waals surface area contributed by atoms with Gasteiger partial charge in [0.05, 0.1) is 0 Å². The molecule has 0 heteroatoms. The standard InChI is InChI=1S/C22H42/c1-6-10-11-12-15-21(22(5)18-20(22)9-4)17-16-19(13-7-2)14-8-3/h17,19-20H,6-16,18H2,1-5H3. The zero-order valence-electron chi connectivity index (χ0n) is 16.2. The lowest BCUT2D eigenvalue weighted by atomic mass is 9.86. The molecule has 22 heavy (non-hydrogen) atoms. The average molecular weight is 307 g/mol. The minimum atomic E-state index is 0.573. The molecule has 0 heterocycles. The van der Waals surface area contributed by atoms with Crippen LogP contribution in [0, 0.1) is 17.3 Å². The van der Waals surface area contributed by atoms with Crippen LogP contribution in [0.15, 0.2) is 11.6 Å². The van der Waals surface area contributed by atoms with Gasteiger partial charge < -0.3 is 0 Å². The van der Waals surface area contributed by atoms with E-state index in [0.29, 0.717) is 5.41 Å². The molecule has 1 rings (SSSR count). The van der Waals surface area contributed by atoms with Crippen LogP contribution >= 0.6 is 0 Å². The lowest BCUT2D eigenvalue weighted by molar-refractivity contribution is 0.439. The van der Waals surface area contributed by atoms with Gasteiger partial charge in [-0.2, -0.15) is 0 Å². The first-order chi connectivity index (χ1) is 10.6. The number of hydrogen-bond acceptors (Lipinski definition) is 0. The van der Waals surface area contributed by atoms with E-state index < -0.39 is 0 Å². The Morgan fingerprint density at radius 2 is 1.68 bits per heavy atom. The zero-order valence-corrected chi connectivity index (χ0v) is 16.2. The SMILES string of the molecule is CCCCCCC(=CCC(CCC)CCC)C1(C)CC1CC. The largest absolute Gasteiger partial charge is 0.0845 e. The van der Waals surface area contributed by atoms with Crippen molar-refractivity contribution in [1.29, 1.82) is 0 Å². The molecule has 0 N–H and O–H groups in total. The van der Waals surface area contributed by atoms with E-state index in [-0.39, 0.29) is 0 Å². The Hall–Kier alpha value is -0.260. The predicted octanol–water partition coefficient (Wildman–Crippen LogP) is 7.93. The van der Waals surface area contributed by atoms with Gasteiger partial charge in [-0.25, -0.2) is 0 Å². The summed E-state index contributed by atoms with van der Waals surface area (Å²) in [6.45, 7) is 11.9. The molecule has 0 bridgehead atoms. The number of rotatable bonds is 13. The van der Waals surface area contributed by atoms with Crippen LogP contribution < -0.4 is 0 Å². The highest BCUT2D eigenvalue weighted by atomic mass is 14.5. The maximum absolute atomic E-state index is 2.69. The molecule has 0 aromatic heterocycles. The number of hydrogen-bond donors (Lipinski definition) is 0. The Morgan fingerprint density at radius 3 is 2.18 bits per heavy atom. The third-order valence-corrected chi connectivity index (χ3v) is 6.03. The van der Waals surface area contributed by atoms with Gasteiger partial charge in [0.2, 0.25) is 0 Å². The molecule has 0 amide bonds. The van der Waals surface area contributed by atoms with Crippen LogP contribution in [-0.2, 0) is 0 Å². The van der Waals surface area contributed by atoms with E-state index in [9.17, 15) is 0 Å². The summed E-state index contributed by atoms with van der Waals surface area (Å²) in [5.74, 6) is 1.91. The molecule has 0 aromatic carbocycles. The topological polar surface area (TPSA) is 0 Å². The van der Waals surface area contributed by atoms with Crippen LogP contribution in [0.4, 0.5) is 0 Å². The molecule has 0 saturated heterocycles. The van der Waals surface area contributed by atoms with E-state index >= 15 is 0 Å². The molecule has 1 aliphatic carbocycles. The van der Waals surface area contributed by atoms with Gasteiger partial charge in [0, 0.05) is 0 Å². The summed E-state index contributed by atoms with van der Waals surface area (Å²) < 4.78 is 0. The summed E-state index contributed by atoms with van der Waals surface area (Å²) in [7, 11) is 0. The van der Waals surface area contributed by atoms with Crippen molar-refractivity contribution in [3.05, 3.63) is 11.6 Å². The zero-order chi connectivity index (χ0) is 16.4.